The Labute approximate surface area is 351 Å². The summed E-state index contributed by atoms with van der Waals surface area (Å²) in [7, 11) is 0. The first-order valence-electron chi connectivity index (χ1n) is 23.7. The van der Waals surface area contributed by atoms with Crippen LogP contribution in [0, 0.1) is 93.7 Å². The molecule has 0 nitrogen and oxygen atoms in total. The molecular formula is C55H104. The second kappa shape index (κ2) is 29.7. The summed E-state index contributed by atoms with van der Waals surface area (Å²) in [4.78, 5) is 0. The Morgan fingerprint density at radius 3 is 1.73 bits per heavy atom. The van der Waals surface area contributed by atoms with E-state index in [1.54, 1.807) is 11.6 Å². The lowest BCUT2D eigenvalue weighted by Gasteiger charge is -2.74. The minimum absolute atomic E-state index is 0.332. The molecule has 0 saturated heterocycles. The molecule has 3 fully saturated rings. The molecule has 0 radical (unpaired) electrons. The summed E-state index contributed by atoms with van der Waals surface area (Å²) in [5.74, 6) is 12.4. The molecule has 0 heterocycles. The van der Waals surface area contributed by atoms with E-state index in [2.05, 4.69) is 155 Å². The average molecular weight is 765 g/mol. The Morgan fingerprint density at radius 2 is 1.33 bits per heavy atom. The number of terminal acetylenes is 1. The fraction of sp³-hybridized carbons (Fsp3) is 0.818. The van der Waals surface area contributed by atoms with Gasteiger partial charge >= 0.3 is 0 Å². The molecule has 4 aliphatic carbocycles. The van der Waals surface area contributed by atoms with Gasteiger partial charge in [0.2, 0.25) is 0 Å². The van der Waals surface area contributed by atoms with E-state index >= 15 is 0 Å². The van der Waals surface area contributed by atoms with Gasteiger partial charge in [0.15, 0.2) is 0 Å². The van der Waals surface area contributed by atoms with Crippen LogP contribution in [0.3, 0.4) is 0 Å². The van der Waals surface area contributed by atoms with Crippen LogP contribution >= 0.6 is 0 Å². The number of hydrogen-bond acceptors (Lipinski definition) is 0. The summed E-state index contributed by atoms with van der Waals surface area (Å²) in [6, 6.07) is 0. The normalized spacial score (nSPS) is 32.9. The van der Waals surface area contributed by atoms with Gasteiger partial charge in [-0.1, -0.05) is 187 Å². The van der Waals surface area contributed by atoms with Crippen LogP contribution in [0.15, 0.2) is 49.6 Å². The minimum atomic E-state index is 0.332. The van der Waals surface area contributed by atoms with Gasteiger partial charge in [0, 0.05) is 11.8 Å². The topological polar surface area (TPSA) is 0 Å². The molecule has 0 aliphatic heterocycles. The first kappa shape index (κ1) is 57.8. The minimum Gasteiger partial charge on any atom is -0.120 e. The summed E-state index contributed by atoms with van der Waals surface area (Å²) in [6.07, 6.45) is 29.2. The standard InChI is InChI=1S/C25H42.C15H30.C4H10.C4H6.C3H6.C2H6.C2H4/c1-8-10-12-18(3)17-20(9-2)25-16-15-23(5,6)24(25,7)22-19(4)13-11-14-21(22)25;1-7-8-10(2)9-15-13(5)11(3)12(4)14(15)6;1-4(2)3;1-3-4-2;1-3-2;2*1-2/h15-17,19-22H,8-14H2,1-7H3;10-15H,7-9H2,1-6H3;4H,1-3H3;1H,4H2,2H3;3H,1H2,2H3;1-2H3;1-2H2/b18-17-;;;;;;. The lowest BCUT2D eigenvalue weighted by molar-refractivity contribution is -0.255. The maximum absolute atomic E-state index is 4.78. The third-order valence-corrected chi connectivity index (χ3v) is 14.5. The number of rotatable bonds is 10. The van der Waals surface area contributed by atoms with E-state index in [4.69, 9.17) is 6.42 Å². The van der Waals surface area contributed by atoms with Gasteiger partial charge in [-0.15, -0.1) is 32.1 Å². The van der Waals surface area contributed by atoms with E-state index in [9.17, 15) is 0 Å². The van der Waals surface area contributed by atoms with Crippen LogP contribution < -0.4 is 0 Å². The van der Waals surface area contributed by atoms with Crippen molar-refractivity contribution in [3.63, 3.8) is 0 Å². The van der Waals surface area contributed by atoms with Gasteiger partial charge in [0.1, 0.15) is 0 Å². The molecule has 0 heteroatoms. The number of hydrogen-bond donors (Lipinski definition) is 0. The zero-order valence-electron chi connectivity index (χ0n) is 41.6. The molecule has 0 spiro atoms. The SMILES string of the molecule is C#CCC.C=C.C=CC.CC.CC(C)C.CCCC(C)CC1C(C)C(C)C(C)C1C.CCCC/C(C)=C\C(CC)C12C=CC(C)(C)C1(C)C1C(C)CCCC12. The van der Waals surface area contributed by atoms with Gasteiger partial charge in [-0.3, -0.25) is 0 Å². The molecule has 0 bridgehead atoms. The molecule has 0 N–H and O–H groups in total. The van der Waals surface area contributed by atoms with Gasteiger partial charge in [-0.25, -0.2) is 0 Å². The summed E-state index contributed by atoms with van der Waals surface area (Å²) < 4.78 is 0. The summed E-state index contributed by atoms with van der Waals surface area (Å²) in [6.45, 7) is 55.7. The van der Waals surface area contributed by atoms with Crippen molar-refractivity contribution in [2.75, 3.05) is 0 Å². The van der Waals surface area contributed by atoms with Crippen LogP contribution in [0.25, 0.3) is 0 Å². The average Bonchev–Trinajstić information content (AvgIpc) is 3.44. The summed E-state index contributed by atoms with van der Waals surface area (Å²) in [5.41, 5.74) is 2.82. The Balaban J connectivity index is -0.000000764. The Morgan fingerprint density at radius 1 is 0.855 bits per heavy atom. The van der Waals surface area contributed by atoms with Crippen LogP contribution in [0.2, 0.25) is 0 Å². The van der Waals surface area contributed by atoms with Crippen molar-refractivity contribution in [2.45, 2.75) is 209 Å². The highest BCUT2D eigenvalue weighted by Crippen LogP contribution is 2.81. The molecule has 11 atom stereocenters. The van der Waals surface area contributed by atoms with Gasteiger partial charge in [0.05, 0.1) is 0 Å². The lowest BCUT2D eigenvalue weighted by atomic mass is 9.29. The number of unbranched alkanes of at least 4 members (excludes halogenated alkanes) is 1. The second-order valence-corrected chi connectivity index (χ2v) is 19.3. The van der Waals surface area contributed by atoms with E-state index in [1.165, 1.54) is 64.2 Å². The molecule has 0 aromatic carbocycles. The zero-order chi connectivity index (χ0) is 43.7. The molecule has 11 unspecified atom stereocenters. The highest BCUT2D eigenvalue weighted by Gasteiger charge is 2.76. The van der Waals surface area contributed by atoms with Crippen LogP contribution in [0.1, 0.15) is 209 Å². The monoisotopic (exact) mass is 765 g/mol. The quantitative estimate of drug-likeness (QED) is 0.153. The van der Waals surface area contributed by atoms with Crippen LogP contribution in [-0.2, 0) is 0 Å². The fourth-order valence-electron chi connectivity index (χ4n) is 11.3. The third kappa shape index (κ3) is 15.3. The first-order valence-corrected chi connectivity index (χ1v) is 23.7. The van der Waals surface area contributed by atoms with Crippen LogP contribution in [0.5, 0.6) is 0 Å². The summed E-state index contributed by atoms with van der Waals surface area (Å²) in [5, 5.41) is 0. The van der Waals surface area contributed by atoms with Crippen molar-refractivity contribution in [2.24, 2.45) is 81.3 Å². The van der Waals surface area contributed by atoms with Crippen molar-refractivity contribution in [3.05, 3.63) is 49.6 Å². The third-order valence-electron chi connectivity index (χ3n) is 14.5. The van der Waals surface area contributed by atoms with Crippen molar-refractivity contribution >= 4 is 0 Å². The molecule has 55 heavy (non-hydrogen) atoms. The van der Waals surface area contributed by atoms with Crippen molar-refractivity contribution < 1.29 is 0 Å². The van der Waals surface area contributed by atoms with Crippen LogP contribution in [0.4, 0.5) is 0 Å². The molecule has 0 aromatic heterocycles. The first-order chi connectivity index (χ1) is 25.8. The maximum Gasteiger partial charge on any atom is 0.00576 e. The van der Waals surface area contributed by atoms with E-state index in [1.807, 2.05) is 27.7 Å². The molecule has 4 aliphatic rings. The predicted octanol–water partition coefficient (Wildman–Crippen LogP) is 18.5. The van der Waals surface area contributed by atoms with Gasteiger partial charge in [-0.05, 0) is 122 Å². The molecule has 324 valence electrons. The zero-order valence-corrected chi connectivity index (χ0v) is 41.6. The Kier molecular flexibility index (Phi) is 31.2. The number of fused-ring (bicyclic) bond motifs is 4. The van der Waals surface area contributed by atoms with E-state index in [0.29, 0.717) is 16.2 Å². The fourth-order valence-corrected chi connectivity index (χ4v) is 11.3. The van der Waals surface area contributed by atoms with E-state index in [0.717, 1.165) is 71.5 Å². The van der Waals surface area contributed by atoms with Crippen molar-refractivity contribution in [3.8, 4) is 12.3 Å². The Hall–Kier alpha value is -1.48. The smallest absolute Gasteiger partial charge is 0.00576 e. The lowest BCUT2D eigenvalue weighted by Crippen LogP contribution is -2.70. The van der Waals surface area contributed by atoms with Crippen molar-refractivity contribution in [1.29, 1.82) is 0 Å². The van der Waals surface area contributed by atoms with Gasteiger partial charge < -0.3 is 0 Å². The maximum atomic E-state index is 4.78. The predicted molar refractivity (Wildman–Crippen MR) is 257 cm³/mol. The van der Waals surface area contributed by atoms with E-state index in [-0.39, 0.29) is 0 Å². The largest absolute Gasteiger partial charge is 0.120 e. The molecule has 4 rings (SSSR count). The summed E-state index contributed by atoms with van der Waals surface area (Å²) >= 11 is 0. The van der Waals surface area contributed by atoms with Gasteiger partial charge in [-0.2, -0.15) is 0 Å². The highest BCUT2D eigenvalue weighted by atomic mass is 14.8. The molecular weight excluding hydrogens is 661 g/mol. The molecule has 0 amide bonds. The molecule has 0 aromatic rings. The van der Waals surface area contributed by atoms with E-state index < -0.39 is 0 Å². The highest BCUT2D eigenvalue weighted by molar-refractivity contribution is 5.38. The number of allylic oxidation sites excluding steroid dienone is 5. The van der Waals surface area contributed by atoms with Crippen molar-refractivity contribution in [1.82, 2.24) is 0 Å². The molecule has 3 saturated carbocycles. The Bertz CT molecular complexity index is 1050. The van der Waals surface area contributed by atoms with Gasteiger partial charge in [0.25, 0.3) is 0 Å². The van der Waals surface area contributed by atoms with Crippen LogP contribution in [-0.4, -0.2) is 0 Å². The second-order valence-electron chi connectivity index (χ2n) is 19.3.